The molecule has 1 heterocycles. The third-order valence-corrected chi connectivity index (χ3v) is 3.90. The fourth-order valence-corrected chi connectivity index (χ4v) is 2.77. The number of likely N-dealkylation sites (tertiary alicyclic amines) is 1. The lowest BCUT2D eigenvalue weighted by atomic mass is 10.2. The second kappa shape index (κ2) is 6.63. The third kappa shape index (κ3) is 3.17. The Morgan fingerprint density at radius 3 is 2.30 bits per heavy atom. The van der Waals surface area contributed by atoms with Crippen molar-refractivity contribution < 1.29 is 19.3 Å². The van der Waals surface area contributed by atoms with Crippen molar-refractivity contribution >= 4 is 11.6 Å². The quantitative estimate of drug-likeness (QED) is 0.900. The number of hydrogen-bond donors (Lipinski definition) is 1. The lowest BCUT2D eigenvalue weighted by Crippen LogP contribution is -2.27. The highest BCUT2D eigenvalue weighted by atomic mass is 35.5. The van der Waals surface area contributed by atoms with E-state index < -0.39 is 0 Å². The number of ether oxygens (including phenoxy) is 3. The first-order valence-electron chi connectivity index (χ1n) is 6.42. The minimum atomic E-state index is -0.0242. The standard InChI is InChI=1S/C14H20ClNO4/c1-18-11-5-9(4-10(15)14(11)17)6-16-7-12(19-2)13(8-16)20-3/h4-5,12-13,17H,6-8H2,1-3H3. The van der Waals surface area contributed by atoms with Crippen LogP contribution in [0.2, 0.25) is 5.02 Å². The van der Waals surface area contributed by atoms with Gasteiger partial charge in [-0.15, -0.1) is 0 Å². The smallest absolute Gasteiger partial charge is 0.176 e. The summed E-state index contributed by atoms with van der Waals surface area (Å²) in [6, 6.07) is 3.55. The number of hydrogen-bond acceptors (Lipinski definition) is 5. The summed E-state index contributed by atoms with van der Waals surface area (Å²) in [6.45, 7) is 2.31. The molecular formula is C14H20ClNO4. The summed E-state index contributed by atoms with van der Waals surface area (Å²) in [7, 11) is 4.90. The van der Waals surface area contributed by atoms with Gasteiger partial charge < -0.3 is 19.3 Å². The molecule has 0 aliphatic carbocycles. The van der Waals surface area contributed by atoms with Crippen molar-refractivity contribution in [2.24, 2.45) is 0 Å². The highest BCUT2D eigenvalue weighted by molar-refractivity contribution is 6.32. The third-order valence-electron chi connectivity index (χ3n) is 3.61. The normalized spacial score (nSPS) is 23.2. The molecule has 1 saturated heterocycles. The fraction of sp³-hybridized carbons (Fsp3) is 0.571. The van der Waals surface area contributed by atoms with E-state index in [4.69, 9.17) is 25.8 Å². The van der Waals surface area contributed by atoms with E-state index in [1.54, 1.807) is 26.4 Å². The van der Waals surface area contributed by atoms with E-state index >= 15 is 0 Å². The molecule has 0 bridgehead atoms. The van der Waals surface area contributed by atoms with Gasteiger partial charge in [-0.25, -0.2) is 0 Å². The average molecular weight is 302 g/mol. The van der Waals surface area contributed by atoms with Gasteiger partial charge in [0.05, 0.1) is 24.3 Å². The molecule has 5 nitrogen and oxygen atoms in total. The summed E-state index contributed by atoms with van der Waals surface area (Å²) in [5.41, 5.74) is 0.983. The molecule has 2 unspecified atom stereocenters. The molecule has 1 aromatic rings. The van der Waals surface area contributed by atoms with Gasteiger partial charge >= 0.3 is 0 Å². The predicted octanol–water partition coefficient (Wildman–Crippen LogP) is 1.90. The van der Waals surface area contributed by atoms with Crippen molar-refractivity contribution in [3.63, 3.8) is 0 Å². The number of nitrogens with zero attached hydrogens (tertiary/aromatic N) is 1. The number of phenolic OH excluding ortho intramolecular Hbond substituents is 1. The van der Waals surface area contributed by atoms with E-state index in [0.29, 0.717) is 17.3 Å². The first kappa shape index (κ1) is 15.4. The molecule has 1 aromatic carbocycles. The number of aromatic hydroxyl groups is 1. The maximum absolute atomic E-state index is 9.73. The van der Waals surface area contributed by atoms with Crippen LogP contribution in [0.3, 0.4) is 0 Å². The van der Waals surface area contributed by atoms with E-state index in [1.807, 2.05) is 0 Å². The SMILES string of the molecule is COc1cc(CN2CC(OC)C(OC)C2)cc(Cl)c1O. The van der Waals surface area contributed by atoms with Crippen LogP contribution in [0, 0.1) is 0 Å². The summed E-state index contributed by atoms with van der Waals surface area (Å²) < 4.78 is 15.9. The highest BCUT2D eigenvalue weighted by Crippen LogP contribution is 2.35. The topological polar surface area (TPSA) is 51.2 Å². The molecule has 2 rings (SSSR count). The minimum Gasteiger partial charge on any atom is -0.503 e. The van der Waals surface area contributed by atoms with Crippen molar-refractivity contribution in [2.45, 2.75) is 18.8 Å². The van der Waals surface area contributed by atoms with Crippen molar-refractivity contribution in [1.82, 2.24) is 4.90 Å². The summed E-state index contributed by atoms with van der Waals surface area (Å²) in [5.74, 6) is 0.363. The lowest BCUT2D eigenvalue weighted by molar-refractivity contribution is -0.00461. The summed E-state index contributed by atoms with van der Waals surface area (Å²) in [6.07, 6.45) is 0.156. The Hall–Kier alpha value is -1.01. The van der Waals surface area contributed by atoms with Gasteiger partial charge in [0.2, 0.25) is 0 Å². The largest absolute Gasteiger partial charge is 0.503 e. The maximum Gasteiger partial charge on any atom is 0.176 e. The Labute approximate surface area is 124 Å². The van der Waals surface area contributed by atoms with Gasteiger partial charge in [0.15, 0.2) is 11.5 Å². The molecule has 0 aromatic heterocycles. The van der Waals surface area contributed by atoms with Crippen molar-refractivity contribution in [2.75, 3.05) is 34.4 Å². The summed E-state index contributed by atoms with van der Waals surface area (Å²) in [4.78, 5) is 2.23. The second-order valence-electron chi connectivity index (χ2n) is 4.87. The Morgan fingerprint density at radius 1 is 1.20 bits per heavy atom. The van der Waals surface area contributed by atoms with Crippen LogP contribution in [0.5, 0.6) is 11.5 Å². The zero-order valence-corrected chi connectivity index (χ0v) is 12.7. The van der Waals surface area contributed by atoms with Crippen LogP contribution >= 0.6 is 11.6 Å². The van der Waals surface area contributed by atoms with Crippen LogP contribution < -0.4 is 4.74 Å². The maximum atomic E-state index is 9.73. The molecule has 0 amide bonds. The van der Waals surface area contributed by atoms with E-state index in [-0.39, 0.29) is 18.0 Å². The molecule has 6 heteroatoms. The Balaban J connectivity index is 2.09. The second-order valence-corrected chi connectivity index (χ2v) is 5.28. The lowest BCUT2D eigenvalue weighted by Gasteiger charge is -2.16. The van der Waals surface area contributed by atoms with Crippen LogP contribution in [0.1, 0.15) is 5.56 Å². The molecule has 1 N–H and O–H groups in total. The Bertz CT molecular complexity index is 457. The number of rotatable bonds is 5. The van der Waals surface area contributed by atoms with Crippen LogP contribution in [-0.2, 0) is 16.0 Å². The summed E-state index contributed by atoms with van der Waals surface area (Å²) in [5, 5.41) is 10.0. The average Bonchev–Trinajstić information content (AvgIpc) is 2.84. The molecule has 1 fully saturated rings. The van der Waals surface area contributed by atoms with Crippen molar-refractivity contribution in [3.05, 3.63) is 22.7 Å². The van der Waals surface area contributed by atoms with Gasteiger partial charge in [-0.2, -0.15) is 0 Å². The van der Waals surface area contributed by atoms with Crippen molar-refractivity contribution in [3.8, 4) is 11.5 Å². The van der Waals surface area contributed by atoms with Crippen LogP contribution in [0.4, 0.5) is 0 Å². The fourth-order valence-electron chi connectivity index (χ4n) is 2.53. The molecule has 2 atom stereocenters. The van der Waals surface area contributed by atoms with Gasteiger partial charge in [-0.05, 0) is 17.7 Å². The van der Waals surface area contributed by atoms with Gasteiger partial charge in [-0.1, -0.05) is 11.6 Å². The number of halogens is 1. The zero-order chi connectivity index (χ0) is 14.7. The van der Waals surface area contributed by atoms with Gasteiger partial charge in [0.1, 0.15) is 0 Å². The van der Waals surface area contributed by atoms with Crippen LogP contribution in [0.15, 0.2) is 12.1 Å². The van der Waals surface area contributed by atoms with E-state index in [9.17, 15) is 5.11 Å². The van der Waals surface area contributed by atoms with Crippen LogP contribution in [0.25, 0.3) is 0 Å². The summed E-state index contributed by atoms with van der Waals surface area (Å²) >= 11 is 6.00. The molecule has 0 radical (unpaired) electrons. The van der Waals surface area contributed by atoms with E-state index in [1.165, 1.54) is 7.11 Å². The van der Waals surface area contributed by atoms with E-state index in [2.05, 4.69) is 4.90 Å². The molecule has 1 aliphatic heterocycles. The molecule has 0 spiro atoms. The first-order chi connectivity index (χ1) is 9.58. The first-order valence-corrected chi connectivity index (χ1v) is 6.80. The van der Waals surface area contributed by atoms with Gasteiger partial charge in [0, 0.05) is 33.9 Å². The molecule has 20 heavy (non-hydrogen) atoms. The van der Waals surface area contributed by atoms with Gasteiger partial charge in [0.25, 0.3) is 0 Å². The minimum absolute atomic E-state index is 0.0242. The highest BCUT2D eigenvalue weighted by Gasteiger charge is 2.32. The zero-order valence-electron chi connectivity index (χ0n) is 11.9. The molecule has 112 valence electrons. The monoisotopic (exact) mass is 301 g/mol. The molecule has 1 aliphatic rings. The predicted molar refractivity (Wildman–Crippen MR) is 76.5 cm³/mol. The van der Waals surface area contributed by atoms with Gasteiger partial charge in [-0.3, -0.25) is 4.90 Å². The number of benzene rings is 1. The molecule has 0 saturated carbocycles. The van der Waals surface area contributed by atoms with E-state index in [0.717, 1.165) is 18.7 Å². The Morgan fingerprint density at radius 2 is 1.80 bits per heavy atom. The number of methoxy groups -OCH3 is 3. The number of phenols is 1. The van der Waals surface area contributed by atoms with Crippen molar-refractivity contribution in [1.29, 1.82) is 0 Å². The molecular weight excluding hydrogens is 282 g/mol. The van der Waals surface area contributed by atoms with Crippen LogP contribution in [-0.4, -0.2) is 56.6 Å². The Kier molecular flexibility index (Phi) is 5.10.